The fraction of sp³-hybridized carbons (Fsp3) is 0.459. The highest BCUT2D eigenvalue weighted by molar-refractivity contribution is 6.05. The van der Waals surface area contributed by atoms with Gasteiger partial charge in [-0.15, -0.1) is 0 Å². The first-order valence-corrected chi connectivity index (χ1v) is 16.9. The van der Waals surface area contributed by atoms with Gasteiger partial charge >= 0.3 is 5.97 Å². The highest BCUT2D eigenvalue weighted by atomic mass is 16.5. The number of hydrogen-bond donors (Lipinski definition) is 2. The largest absolute Gasteiger partial charge is 0.463 e. The molecule has 254 valence electrons. The van der Waals surface area contributed by atoms with E-state index in [2.05, 4.69) is 24.1 Å². The molecular formula is C37H44N4O7. The van der Waals surface area contributed by atoms with Crippen LogP contribution in [0.3, 0.4) is 0 Å². The molecule has 6 atom stereocenters. The number of anilines is 2. The summed E-state index contributed by atoms with van der Waals surface area (Å²) < 4.78 is 12.2. The van der Waals surface area contributed by atoms with Crippen molar-refractivity contribution in [2.45, 2.75) is 56.9 Å². The summed E-state index contributed by atoms with van der Waals surface area (Å²) in [5.41, 5.74) is 1.06. The fourth-order valence-corrected chi connectivity index (χ4v) is 7.55. The molecule has 4 heterocycles. The molecule has 0 saturated carbocycles. The molecule has 2 aromatic carbocycles. The van der Waals surface area contributed by atoms with E-state index in [-0.39, 0.29) is 51.0 Å². The Hall–Kier alpha value is -4.48. The second-order valence-electron chi connectivity index (χ2n) is 12.6. The number of benzene rings is 2. The Morgan fingerprint density at radius 1 is 0.979 bits per heavy atom. The number of carbonyl (C=O) groups is 4. The first-order chi connectivity index (χ1) is 23.3. The van der Waals surface area contributed by atoms with Crippen LogP contribution in [0.1, 0.15) is 44.7 Å². The number of amides is 3. The van der Waals surface area contributed by atoms with E-state index in [1.807, 2.05) is 66.7 Å². The summed E-state index contributed by atoms with van der Waals surface area (Å²) in [6.07, 6.45) is 7.34. The monoisotopic (exact) mass is 656 g/mol. The average Bonchev–Trinajstić information content (AvgIpc) is 3.75. The van der Waals surface area contributed by atoms with Gasteiger partial charge in [0.05, 0.1) is 24.0 Å². The van der Waals surface area contributed by atoms with Crippen LogP contribution in [0.15, 0.2) is 78.9 Å². The second kappa shape index (κ2) is 14.3. The molecule has 2 saturated heterocycles. The molecule has 11 nitrogen and oxygen atoms in total. The van der Waals surface area contributed by atoms with Crippen molar-refractivity contribution in [3.05, 3.63) is 84.5 Å². The number of carbonyl (C=O) groups excluding carboxylic acids is 4. The van der Waals surface area contributed by atoms with E-state index in [0.717, 1.165) is 24.3 Å². The molecule has 2 N–H and O–H groups in total. The zero-order chi connectivity index (χ0) is 33.8. The second-order valence-corrected chi connectivity index (χ2v) is 12.6. The summed E-state index contributed by atoms with van der Waals surface area (Å²) in [4.78, 5) is 61.4. The lowest BCUT2D eigenvalue weighted by molar-refractivity contribution is -0.145. The van der Waals surface area contributed by atoms with Gasteiger partial charge in [-0.3, -0.25) is 19.2 Å². The van der Waals surface area contributed by atoms with Gasteiger partial charge in [-0.25, -0.2) is 0 Å². The molecular weight excluding hydrogens is 612 g/mol. The molecule has 3 amide bonds. The molecule has 11 heteroatoms. The standard InChI is InChI=1S/C37H44N4O7/c1-3-39(4-2)26-15-17-27(18-16-26)40-21-10-6-9-14-30(43)47-24-28(25-12-7-5-8-13-25)38-34(44)31-29-19-20-37(48-29)32(31)35(45)41(22-11-23-42)33(37)36(40)46/h5-8,10,12-13,15-20,28-29,31-33,42H,3-4,9,11,14,21-24H2,1-2H3,(H,38,44)/b10-6-/t28-,29-,31+,32+,33-,37+/m0/s1. The van der Waals surface area contributed by atoms with Gasteiger partial charge in [0.15, 0.2) is 0 Å². The maximum absolute atomic E-state index is 14.9. The first kappa shape index (κ1) is 33.4. The molecule has 5 bridgehead atoms. The van der Waals surface area contributed by atoms with Crippen molar-refractivity contribution < 1.29 is 33.8 Å². The molecule has 48 heavy (non-hydrogen) atoms. The Kier molecular flexibility index (Phi) is 9.98. The van der Waals surface area contributed by atoms with E-state index in [1.165, 1.54) is 4.90 Å². The Bertz CT molecular complexity index is 1560. The fourth-order valence-electron chi connectivity index (χ4n) is 7.55. The van der Waals surface area contributed by atoms with Crippen LogP contribution in [0.25, 0.3) is 0 Å². The lowest BCUT2D eigenvalue weighted by Gasteiger charge is -2.36. The maximum Gasteiger partial charge on any atom is 0.306 e. The zero-order valence-electron chi connectivity index (χ0n) is 27.5. The van der Waals surface area contributed by atoms with Crippen molar-refractivity contribution in [2.24, 2.45) is 11.8 Å². The highest BCUT2D eigenvalue weighted by Gasteiger charge is 2.73. The summed E-state index contributed by atoms with van der Waals surface area (Å²) >= 11 is 0. The van der Waals surface area contributed by atoms with Crippen molar-refractivity contribution in [1.29, 1.82) is 0 Å². The maximum atomic E-state index is 14.9. The predicted octanol–water partition coefficient (Wildman–Crippen LogP) is 3.15. The average molecular weight is 657 g/mol. The Morgan fingerprint density at radius 2 is 1.73 bits per heavy atom. The van der Waals surface area contributed by atoms with Crippen molar-refractivity contribution in [1.82, 2.24) is 10.2 Å². The van der Waals surface area contributed by atoms with Crippen molar-refractivity contribution in [3.8, 4) is 0 Å². The number of esters is 1. The van der Waals surface area contributed by atoms with Gasteiger partial charge in [0, 0.05) is 50.6 Å². The molecule has 4 aliphatic rings. The number of cyclic esters (lactones) is 1. The number of aliphatic hydroxyl groups is 1. The van der Waals surface area contributed by atoms with E-state index < -0.39 is 47.5 Å². The number of hydrogen-bond acceptors (Lipinski definition) is 8. The van der Waals surface area contributed by atoms with Gasteiger partial charge in [-0.1, -0.05) is 54.6 Å². The topological polar surface area (TPSA) is 129 Å². The van der Waals surface area contributed by atoms with E-state index in [4.69, 9.17) is 9.47 Å². The number of likely N-dealkylation sites (tertiary alicyclic amines) is 1. The summed E-state index contributed by atoms with van der Waals surface area (Å²) in [5.74, 6) is -3.38. The molecule has 0 aromatic heterocycles. The van der Waals surface area contributed by atoms with Crippen molar-refractivity contribution >= 4 is 35.1 Å². The van der Waals surface area contributed by atoms with Gasteiger partial charge in [0.25, 0.3) is 5.91 Å². The van der Waals surface area contributed by atoms with Crippen molar-refractivity contribution in [2.75, 3.05) is 49.2 Å². The lowest BCUT2D eigenvalue weighted by Crippen LogP contribution is -2.56. The third-order valence-electron chi connectivity index (χ3n) is 9.92. The lowest BCUT2D eigenvalue weighted by atomic mass is 9.74. The SMILES string of the molecule is CCN(CC)c1ccc(N2C/C=C\CCC(=O)OC[C@@H](c3ccccc3)NC(=O)[C@@H]3[C@@H]4C=C[C@]5(O4)[C@H](C2=O)N(CCCO)C(=O)[C@@H]35)cc1. The van der Waals surface area contributed by atoms with Crippen LogP contribution in [0, 0.1) is 11.8 Å². The highest BCUT2D eigenvalue weighted by Crippen LogP contribution is 2.55. The number of nitrogens with zero attached hydrogens (tertiary/aromatic N) is 3. The quantitative estimate of drug-likeness (QED) is 0.328. The summed E-state index contributed by atoms with van der Waals surface area (Å²) in [6.45, 7) is 5.92. The molecule has 0 aliphatic carbocycles. The van der Waals surface area contributed by atoms with Gasteiger partial charge in [-0.05, 0) is 56.5 Å². The Morgan fingerprint density at radius 3 is 2.44 bits per heavy atom. The Balaban J connectivity index is 1.40. The number of ether oxygens (including phenoxy) is 2. The summed E-state index contributed by atoms with van der Waals surface area (Å²) in [5, 5.41) is 12.8. The molecule has 0 radical (unpaired) electrons. The minimum absolute atomic E-state index is 0.0723. The minimum atomic E-state index is -1.36. The molecule has 0 unspecified atom stereocenters. The third-order valence-corrected chi connectivity index (χ3v) is 9.92. The normalized spacial score (nSPS) is 29.5. The summed E-state index contributed by atoms with van der Waals surface area (Å²) in [6, 6.07) is 15.3. The van der Waals surface area contributed by atoms with Crippen LogP contribution in [0.4, 0.5) is 11.4 Å². The van der Waals surface area contributed by atoms with E-state index in [0.29, 0.717) is 12.1 Å². The van der Waals surface area contributed by atoms with Gasteiger partial charge < -0.3 is 34.6 Å². The van der Waals surface area contributed by atoms with Crippen LogP contribution >= 0.6 is 0 Å². The number of nitrogens with one attached hydrogen (secondary N) is 1. The zero-order valence-corrected chi connectivity index (χ0v) is 27.5. The van der Waals surface area contributed by atoms with Crippen LogP contribution in [0.2, 0.25) is 0 Å². The van der Waals surface area contributed by atoms with Crippen LogP contribution < -0.4 is 15.1 Å². The van der Waals surface area contributed by atoms with E-state index in [1.54, 1.807) is 17.1 Å². The molecule has 2 fully saturated rings. The van der Waals surface area contributed by atoms with Gasteiger partial charge in [0.2, 0.25) is 11.8 Å². The van der Waals surface area contributed by atoms with Gasteiger partial charge in [-0.2, -0.15) is 0 Å². The van der Waals surface area contributed by atoms with Gasteiger partial charge in [0.1, 0.15) is 18.2 Å². The molecule has 2 aromatic rings. The van der Waals surface area contributed by atoms with Crippen molar-refractivity contribution in [3.63, 3.8) is 0 Å². The molecule has 1 spiro atoms. The number of fused-ring (bicyclic) bond motifs is 2. The number of rotatable bonds is 8. The van der Waals surface area contributed by atoms with E-state index in [9.17, 15) is 24.3 Å². The van der Waals surface area contributed by atoms with Crippen LogP contribution in [-0.2, 0) is 28.7 Å². The Labute approximate surface area is 281 Å². The van der Waals surface area contributed by atoms with Crippen LogP contribution in [-0.4, -0.2) is 90.8 Å². The number of allylic oxidation sites excluding steroid dienone is 1. The minimum Gasteiger partial charge on any atom is -0.463 e. The smallest absolute Gasteiger partial charge is 0.306 e. The molecule has 4 aliphatic heterocycles. The van der Waals surface area contributed by atoms with Crippen LogP contribution in [0.5, 0.6) is 0 Å². The third kappa shape index (κ3) is 6.12. The first-order valence-electron chi connectivity index (χ1n) is 16.9. The number of aliphatic hydroxyl groups excluding tert-OH is 1. The molecule has 6 rings (SSSR count). The predicted molar refractivity (Wildman–Crippen MR) is 180 cm³/mol. The summed E-state index contributed by atoms with van der Waals surface area (Å²) in [7, 11) is 0. The van der Waals surface area contributed by atoms with E-state index >= 15 is 0 Å².